The Hall–Kier alpha value is -2.42. The monoisotopic (exact) mass is 407 g/mol. The van der Waals surface area contributed by atoms with Crippen molar-refractivity contribution in [1.82, 2.24) is 14.0 Å². The lowest BCUT2D eigenvalue weighted by Crippen LogP contribution is -2.39. The van der Waals surface area contributed by atoms with Gasteiger partial charge in [0.15, 0.2) is 9.84 Å². The minimum absolute atomic E-state index is 0.0356. The molecule has 3 rings (SSSR count). The predicted octanol–water partition coefficient (Wildman–Crippen LogP) is 0.660. The van der Waals surface area contributed by atoms with Crippen molar-refractivity contribution in [2.24, 2.45) is 20.0 Å². The van der Waals surface area contributed by atoms with E-state index in [2.05, 4.69) is 6.92 Å². The minimum Gasteiger partial charge on any atom is -0.342 e. The molecule has 1 fully saturated rings. The second-order valence-electron chi connectivity index (χ2n) is 7.53. The largest absolute Gasteiger partial charge is 0.342 e. The van der Waals surface area contributed by atoms with Gasteiger partial charge in [0, 0.05) is 33.6 Å². The number of sulfone groups is 1. The van der Waals surface area contributed by atoms with Gasteiger partial charge in [-0.3, -0.25) is 14.4 Å². The molecule has 0 spiro atoms. The van der Waals surface area contributed by atoms with Crippen LogP contribution in [0.3, 0.4) is 0 Å². The zero-order valence-corrected chi connectivity index (χ0v) is 17.2. The first kappa shape index (κ1) is 20.3. The lowest BCUT2D eigenvalue weighted by atomic mass is 10.0. The second kappa shape index (κ2) is 7.54. The van der Waals surface area contributed by atoms with Gasteiger partial charge in [0.1, 0.15) is 0 Å². The van der Waals surface area contributed by atoms with Crippen molar-refractivity contribution in [3.63, 3.8) is 0 Å². The first-order valence-corrected chi connectivity index (χ1v) is 11.0. The third kappa shape index (κ3) is 3.76. The molecule has 0 bridgehead atoms. The maximum atomic E-state index is 12.7. The number of carbonyl (C=O) groups is 1. The van der Waals surface area contributed by atoms with Gasteiger partial charge in [0.2, 0.25) is 5.91 Å². The molecule has 1 aliphatic heterocycles. The van der Waals surface area contributed by atoms with Gasteiger partial charge in [-0.05, 0) is 37.0 Å². The van der Waals surface area contributed by atoms with E-state index in [0.717, 1.165) is 17.4 Å². The van der Waals surface area contributed by atoms with Crippen LogP contribution in [0.15, 0.2) is 32.7 Å². The van der Waals surface area contributed by atoms with Gasteiger partial charge in [-0.1, -0.05) is 6.92 Å². The summed E-state index contributed by atoms with van der Waals surface area (Å²) in [5, 5.41) is 0. The Labute approximate surface area is 163 Å². The van der Waals surface area contributed by atoms with Crippen LogP contribution in [0.4, 0.5) is 0 Å². The van der Waals surface area contributed by atoms with Crippen molar-refractivity contribution in [3.05, 3.63) is 38.9 Å². The van der Waals surface area contributed by atoms with Crippen LogP contribution in [0.25, 0.3) is 11.0 Å². The summed E-state index contributed by atoms with van der Waals surface area (Å²) in [7, 11) is -0.797. The van der Waals surface area contributed by atoms with E-state index in [-0.39, 0.29) is 23.0 Å². The summed E-state index contributed by atoms with van der Waals surface area (Å²) < 4.78 is 27.9. The third-order valence-electron chi connectivity index (χ3n) is 5.42. The van der Waals surface area contributed by atoms with Gasteiger partial charge in [0.25, 0.3) is 0 Å². The molecular formula is C19H25N3O5S. The molecule has 1 aromatic heterocycles. The summed E-state index contributed by atoms with van der Waals surface area (Å²) in [4.78, 5) is 38.1. The van der Waals surface area contributed by atoms with E-state index in [4.69, 9.17) is 0 Å². The molecule has 0 saturated carbocycles. The summed E-state index contributed by atoms with van der Waals surface area (Å²) in [6.07, 6.45) is 1.96. The van der Waals surface area contributed by atoms with Gasteiger partial charge in [-0.25, -0.2) is 8.42 Å². The molecule has 9 heteroatoms. The number of piperidine rings is 1. The molecule has 1 aromatic carbocycles. The molecule has 0 N–H and O–H groups in total. The van der Waals surface area contributed by atoms with Crippen molar-refractivity contribution < 1.29 is 13.2 Å². The number of hydrogen-bond donors (Lipinski definition) is 0. The number of hydrogen-bond acceptors (Lipinski definition) is 5. The average molecular weight is 407 g/mol. The molecule has 1 atom stereocenters. The molecule has 2 aromatic rings. The van der Waals surface area contributed by atoms with E-state index in [1.54, 1.807) is 4.90 Å². The summed E-state index contributed by atoms with van der Waals surface area (Å²) in [5.74, 6) is -0.00416. The number of rotatable bonds is 4. The van der Waals surface area contributed by atoms with E-state index in [1.165, 1.54) is 36.9 Å². The maximum Gasteiger partial charge on any atom is 0.316 e. The van der Waals surface area contributed by atoms with E-state index in [0.29, 0.717) is 30.0 Å². The SMILES string of the molecule is C[C@@H]1CCCN(C(=O)CCS(=O)(=O)c2ccc3c(c2)n(C)c(=O)c(=O)n3C)C1. The summed E-state index contributed by atoms with van der Waals surface area (Å²) in [6.45, 7) is 3.43. The Balaban J connectivity index is 1.86. The maximum absolute atomic E-state index is 12.7. The third-order valence-corrected chi connectivity index (χ3v) is 7.13. The number of benzene rings is 1. The van der Waals surface area contributed by atoms with Crippen molar-refractivity contribution >= 4 is 26.8 Å². The Kier molecular flexibility index (Phi) is 5.47. The minimum atomic E-state index is -3.70. The predicted molar refractivity (Wildman–Crippen MR) is 106 cm³/mol. The Bertz CT molecular complexity index is 1150. The summed E-state index contributed by atoms with van der Waals surface area (Å²) in [6, 6.07) is 4.31. The number of likely N-dealkylation sites (tertiary alicyclic amines) is 1. The highest BCUT2D eigenvalue weighted by molar-refractivity contribution is 7.91. The van der Waals surface area contributed by atoms with Crippen LogP contribution < -0.4 is 11.1 Å². The molecule has 152 valence electrons. The number of carbonyl (C=O) groups excluding carboxylic acids is 1. The average Bonchev–Trinajstić information content (AvgIpc) is 2.68. The van der Waals surface area contributed by atoms with Crippen LogP contribution in [-0.4, -0.2) is 47.2 Å². The van der Waals surface area contributed by atoms with Crippen LogP contribution in [-0.2, 0) is 28.7 Å². The molecule has 1 amide bonds. The second-order valence-corrected chi connectivity index (χ2v) is 9.64. The lowest BCUT2D eigenvalue weighted by molar-refractivity contribution is -0.132. The molecule has 1 aliphatic rings. The highest BCUT2D eigenvalue weighted by Gasteiger charge is 2.24. The van der Waals surface area contributed by atoms with Crippen molar-refractivity contribution in [1.29, 1.82) is 0 Å². The molecule has 0 unspecified atom stereocenters. The highest BCUT2D eigenvalue weighted by Crippen LogP contribution is 2.20. The fourth-order valence-corrected chi connectivity index (χ4v) is 4.91. The van der Waals surface area contributed by atoms with Crippen LogP contribution >= 0.6 is 0 Å². The molecule has 1 saturated heterocycles. The van der Waals surface area contributed by atoms with Crippen LogP contribution in [0, 0.1) is 5.92 Å². The molecule has 8 nitrogen and oxygen atoms in total. The quantitative estimate of drug-likeness (QED) is 0.694. The smallest absolute Gasteiger partial charge is 0.316 e. The van der Waals surface area contributed by atoms with Gasteiger partial charge in [0.05, 0.1) is 21.7 Å². The van der Waals surface area contributed by atoms with Crippen LogP contribution in [0.2, 0.25) is 0 Å². The van der Waals surface area contributed by atoms with E-state index < -0.39 is 21.0 Å². The lowest BCUT2D eigenvalue weighted by Gasteiger charge is -2.31. The molecular weight excluding hydrogens is 382 g/mol. The first-order valence-electron chi connectivity index (χ1n) is 9.32. The Morgan fingerprint density at radius 2 is 1.75 bits per heavy atom. The Morgan fingerprint density at radius 1 is 1.11 bits per heavy atom. The standard InChI is InChI=1S/C19H25N3O5S/c1-13-5-4-9-22(12-13)17(23)8-10-28(26,27)14-6-7-15-16(11-14)21(3)19(25)18(24)20(15)2/h6-7,11,13H,4-5,8-10,12H2,1-3H3/t13-/m1/s1. The molecule has 2 heterocycles. The zero-order chi connectivity index (χ0) is 20.6. The zero-order valence-electron chi connectivity index (χ0n) is 16.3. The highest BCUT2D eigenvalue weighted by atomic mass is 32.2. The van der Waals surface area contributed by atoms with Crippen molar-refractivity contribution in [2.45, 2.75) is 31.1 Å². The summed E-state index contributed by atoms with van der Waals surface area (Å²) >= 11 is 0. The topological polar surface area (TPSA) is 98.5 Å². The van der Waals surface area contributed by atoms with E-state index >= 15 is 0 Å². The number of aryl methyl sites for hydroxylation is 2. The normalized spacial score (nSPS) is 17.8. The number of nitrogens with zero attached hydrogens (tertiary/aromatic N) is 3. The summed E-state index contributed by atoms with van der Waals surface area (Å²) in [5.41, 5.74) is -0.584. The van der Waals surface area contributed by atoms with Crippen molar-refractivity contribution in [2.75, 3.05) is 18.8 Å². The van der Waals surface area contributed by atoms with Gasteiger partial charge in [-0.2, -0.15) is 0 Å². The first-order chi connectivity index (χ1) is 13.1. The molecule has 0 aliphatic carbocycles. The van der Waals surface area contributed by atoms with E-state index in [1.807, 2.05) is 0 Å². The van der Waals surface area contributed by atoms with Gasteiger partial charge in [-0.15, -0.1) is 0 Å². The number of aromatic nitrogens is 2. The van der Waals surface area contributed by atoms with Crippen LogP contribution in [0.1, 0.15) is 26.2 Å². The molecule has 28 heavy (non-hydrogen) atoms. The fraction of sp³-hybridized carbons (Fsp3) is 0.526. The molecule has 0 radical (unpaired) electrons. The van der Waals surface area contributed by atoms with E-state index in [9.17, 15) is 22.8 Å². The number of amides is 1. The Morgan fingerprint density at radius 3 is 2.39 bits per heavy atom. The van der Waals surface area contributed by atoms with Crippen LogP contribution in [0.5, 0.6) is 0 Å². The van der Waals surface area contributed by atoms with Crippen molar-refractivity contribution in [3.8, 4) is 0 Å². The van der Waals surface area contributed by atoms with Gasteiger partial charge < -0.3 is 14.0 Å². The number of fused-ring (bicyclic) bond motifs is 1. The fourth-order valence-electron chi connectivity index (χ4n) is 3.67. The van der Waals surface area contributed by atoms with Gasteiger partial charge >= 0.3 is 11.1 Å².